The van der Waals surface area contributed by atoms with Gasteiger partial charge in [0, 0.05) is 23.5 Å². The Bertz CT molecular complexity index is 343. The molecule has 178 valence electrons. The molecule has 0 atom stereocenters. The van der Waals surface area contributed by atoms with E-state index >= 15 is 0 Å². The van der Waals surface area contributed by atoms with Gasteiger partial charge in [0.05, 0.1) is 47.5 Å². The average molecular weight is 621 g/mol. The van der Waals surface area contributed by atoms with Crippen LogP contribution in [-0.2, 0) is 4.74 Å². The second-order valence-electron chi connectivity index (χ2n) is 5.96. The summed E-state index contributed by atoms with van der Waals surface area (Å²) in [7, 11) is 0. The zero-order valence-corrected chi connectivity index (χ0v) is 23.1. The number of aliphatic hydroxyl groups excluding tert-OH is 1. The molecule has 3 nitrogen and oxygen atoms in total. The van der Waals surface area contributed by atoms with Crippen LogP contribution in [0.4, 0.5) is 0 Å². The van der Waals surface area contributed by atoms with Gasteiger partial charge in [0.15, 0.2) is 0 Å². The van der Waals surface area contributed by atoms with Crippen molar-refractivity contribution in [2.45, 2.75) is 16.1 Å². The van der Waals surface area contributed by atoms with Gasteiger partial charge in [-0.25, -0.2) is 0 Å². The maximum absolute atomic E-state index is 9.04. The smallest absolute Gasteiger partial charge is 0.118 e. The molecule has 29 heavy (non-hydrogen) atoms. The Morgan fingerprint density at radius 3 is 1.17 bits per heavy atom. The van der Waals surface area contributed by atoms with Gasteiger partial charge in [0.25, 0.3) is 0 Å². The van der Waals surface area contributed by atoms with Crippen molar-refractivity contribution in [2.24, 2.45) is 0 Å². The third-order valence-corrected chi connectivity index (χ3v) is 7.83. The third-order valence-electron chi connectivity index (χ3n) is 2.93. The fraction of sp³-hybridized carbons (Fsp3) is 0.875. The summed E-state index contributed by atoms with van der Waals surface area (Å²) in [6.45, 7) is 4.08. The summed E-state index contributed by atoms with van der Waals surface area (Å²) in [5.41, 5.74) is -0.341. The van der Waals surface area contributed by atoms with Crippen LogP contribution in [0.15, 0.2) is 12.2 Å². The number of hydrogen-bond donors (Lipinski definition) is 2. The molecule has 2 N–H and O–H groups in total. The van der Waals surface area contributed by atoms with Gasteiger partial charge >= 0.3 is 0 Å². The van der Waals surface area contributed by atoms with E-state index in [1.54, 1.807) is 0 Å². The van der Waals surface area contributed by atoms with Gasteiger partial charge in [-0.3, -0.25) is 0 Å². The summed E-state index contributed by atoms with van der Waals surface area (Å²) in [5.74, 6) is 2.60. The number of epoxide rings is 1. The summed E-state index contributed by atoms with van der Waals surface area (Å²) >= 11 is 53.5. The minimum atomic E-state index is -1.08. The predicted molar refractivity (Wildman–Crippen MR) is 135 cm³/mol. The highest BCUT2D eigenvalue weighted by Gasteiger charge is 2.42. The number of alkyl halides is 10. The van der Waals surface area contributed by atoms with Crippen LogP contribution in [-0.4, -0.2) is 92.4 Å². The van der Waals surface area contributed by atoms with Gasteiger partial charge in [0.2, 0.25) is 0 Å². The van der Waals surface area contributed by atoms with Crippen molar-refractivity contribution >= 4 is 116 Å². The van der Waals surface area contributed by atoms with Gasteiger partial charge in [0.1, 0.15) is 11.2 Å². The van der Waals surface area contributed by atoms with Crippen LogP contribution in [0.5, 0.6) is 0 Å². The number of ether oxygens (including phenoxy) is 1. The molecule has 0 aromatic carbocycles. The lowest BCUT2D eigenvalue weighted by molar-refractivity contribution is 0.113. The summed E-state index contributed by atoms with van der Waals surface area (Å²) in [6.07, 6.45) is 0. The molecule has 1 aliphatic heterocycles. The van der Waals surface area contributed by atoms with Crippen molar-refractivity contribution in [1.82, 2.24) is 0 Å². The van der Waals surface area contributed by atoms with Crippen LogP contribution in [0, 0.1) is 0 Å². The minimum absolute atomic E-state index is 0.0833. The van der Waals surface area contributed by atoms with Crippen molar-refractivity contribution in [3.63, 3.8) is 0 Å². The van der Waals surface area contributed by atoms with Gasteiger partial charge in [-0.05, 0) is 5.57 Å². The Hall–Kier alpha value is 2.52. The number of allylic oxidation sites excluding steroid dienone is 1. The minimum Gasteiger partial charge on any atom is -0.394 e. The Morgan fingerprint density at radius 2 is 1.17 bits per heavy atom. The van der Waals surface area contributed by atoms with E-state index in [1.807, 2.05) is 0 Å². The zero-order valence-electron chi connectivity index (χ0n) is 15.6. The molecule has 1 rings (SSSR count). The van der Waals surface area contributed by atoms with Gasteiger partial charge in [-0.2, -0.15) is 0 Å². The first kappa shape index (κ1) is 36.1. The van der Waals surface area contributed by atoms with E-state index in [-0.39, 0.29) is 41.6 Å². The molecule has 0 unspecified atom stereocenters. The number of aliphatic hydroxyl groups is 2. The van der Waals surface area contributed by atoms with E-state index in [2.05, 4.69) is 6.58 Å². The Balaban J connectivity index is -0.000000313. The standard InChI is InChI=1S/2C4H7Cl3O.C4H6Cl2O.C4H6Cl2/c5-1-4(7,2-6)3-8;5-1-4(8,2-6)3-7;5-1-4(2-6)3-7-4;1-4(2-5)3-6/h2*8H,1-3H2;1-3H2;1-3H2. The molecule has 0 amide bonds. The topological polar surface area (TPSA) is 53.0 Å². The SMILES string of the molecule is C=C(CCl)CCl.ClCC1(CCl)CO1.OC(CCl)(CCl)CCl.OCC(Cl)(CCl)CCl. The summed E-state index contributed by atoms with van der Waals surface area (Å²) in [4.78, 5) is -0.816. The highest BCUT2D eigenvalue weighted by Crippen LogP contribution is 2.29. The van der Waals surface area contributed by atoms with Crippen LogP contribution >= 0.6 is 116 Å². The first-order chi connectivity index (χ1) is 13.5. The Morgan fingerprint density at radius 1 is 0.828 bits per heavy atom. The first-order valence-corrected chi connectivity index (χ1v) is 13.1. The second-order valence-corrected chi connectivity index (χ2v) is 9.16. The van der Waals surface area contributed by atoms with E-state index in [9.17, 15) is 0 Å². The lowest BCUT2D eigenvalue weighted by Gasteiger charge is -2.17. The van der Waals surface area contributed by atoms with Crippen molar-refractivity contribution in [3.8, 4) is 0 Å². The van der Waals surface area contributed by atoms with Crippen LogP contribution in [0.3, 0.4) is 0 Å². The van der Waals surface area contributed by atoms with E-state index in [4.69, 9.17) is 131 Å². The number of rotatable bonds is 10. The molecule has 0 bridgehead atoms. The molecule has 1 heterocycles. The van der Waals surface area contributed by atoms with Gasteiger partial charge in [-0.15, -0.1) is 116 Å². The van der Waals surface area contributed by atoms with Crippen molar-refractivity contribution in [2.75, 3.05) is 66.1 Å². The van der Waals surface area contributed by atoms with Gasteiger partial charge < -0.3 is 14.9 Å². The fourth-order valence-corrected chi connectivity index (χ4v) is 2.75. The average Bonchev–Trinajstić information content (AvgIpc) is 3.59. The highest BCUT2D eigenvalue weighted by molar-refractivity contribution is 6.35. The van der Waals surface area contributed by atoms with E-state index < -0.39 is 10.5 Å². The summed E-state index contributed by atoms with van der Waals surface area (Å²) < 4.78 is 4.93. The lowest BCUT2D eigenvalue weighted by Crippen LogP contribution is -2.34. The molecule has 1 fully saturated rings. The molecule has 1 aliphatic rings. The summed E-state index contributed by atoms with van der Waals surface area (Å²) in [6, 6.07) is 0. The molecule has 1 saturated heterocycles. The molecule has 0 spiro atoms. The molecule has 0 saturated carbocycles. The molecular formula is C16H26Cl10O3. The summed E-state index contributed by atoms with van der Waals surface area (Å²) in [5, 5.41) is 17.5. The maximum atomic E-state index is 9.04. The number of hydrogen-bond acceptors (Lipinski definition) is 3. The Labute approximate surface area is 223 Å². The van der Waals surface area contributed by atoms with Crippen molar-refractivity contribution in [3.05, 3.63) is 12.2 Å². The second kappa shape index (κ2) is 21.1. The number of halogens is 10. The van der Waals surface area contributed by atoms with Crippen molar-refractivity contribution < 1.29 is 14.9 Å². The third kappa shape index (κ3) is 19.7. The largest absolute Gasteiger partial charge is 0.394 e. The first-order valence-electron chi connectivity index (χ1n) is 7.87. The van der Waals surface area contributed by atoms with E-state index in [1.165, 1.54) is 0 Å². The van der Waals surface area contributed by atoms with Crippen molar-refractivity contribution in [1.29, 1.82) is 0 Å². The fourth-order valence-electron chi connectivity index (χ4n) is 0.555. The van der Waals surface area contributed by atoms with E-state index in [0.29, 0.717) is 23.5 Å². The quantitative estimate of drug-likeness (QED) is 0.176. The Kier molecular flexibility index (Phi) is 26.2. The molecule has 0 aromatic heterocycles. The monoisotopic (exact) mass is 616 g/mol. The van der Waals surface area contributed by atoms with Crippen LogP contribution in [0.1, 0.15) is 0 Å². The normalized spacial score (nSPS) is 14.3. The molecule has 0 aliphatic carbocycles. The lowest BCUT2D eigenvalue weighted by atomic mass is 10.2. The molecule has 13 heteroatoms. The van der Waals surface area contributed by atoms with Crippen LogP contribution in [0.25, 0.3) is 0 Å². The van der Waals surface area contributed by atoms with Gasteiger partial charge in [-0.1, -0.05) is 6.58 Å². The van der Waals surface area contributed by atoms with Crippen LogP contribution in [0.2, 0.25) is 0 Å². The molecule has 0 aromatic rings. The molecule has 0 radical (unpaired) electrons. The van der Waals surface area contributed by atoms with Crippen LogP contribution < -0.4 is 0 Å². The zero-order chi connectivity index (χ0) is 23.6. The molecular weight excluding hydrogens is 595 g/mol. The predicted octanol–water partition coefficient (Wildman–Crippen LogP) is 6.12. The highest BCUT2D eigenvalue weighted by atomic mass is 35.5. The van der Waals surface area contributed by atoms with E-state index in [0.717, 1.165) is 12.2 Å². The maximum Gasteiger partial charge on any atom is 0.118 e.